The van der Waals surface area contributed by atoms with E-state index in [0.717, 1.165) is 10.7 Å². The van der Waals surface area contributed by atoms with Crippen molar-refractivity contribution >= 4 is 11.3 Å². The first-order valence-corrected chi connectivity index (χ1v) is 7.46. The van der Waals surface area contributed by atoms with Crippen LogP contribution in [0.25, 0.3) is 0 Å². The van der Waals surface area contributed by atoms with E-state index in [0.29, 0.717) is 0 Å². The third-order valence-corrected chi connectivity index (χ3v) is 4.34. The summed E-state index contributed by atoms with van der Waals surface area (Å²) in [4.78, 5) is 4.73. The lowest BCUT2D eigenvalue weighted by atomic mass is 9.93. The van der Waals surface area contributed by atoms with E-state index in [1.165, 1.54) is 16.7 Å². The molecular formula is C16H22N2S. The van der Waals surface area contributed by atoms with E-state index >= 15 is 0 Å². The Balaban J connectivity index is 2.40. The average molecular weight is 274 g/mol. The summed E-state index contributed by atoms with van der Waals surface area (Å²) >= 11 is 1.66. The molecule has 0 aliphatic heterocycles. The van der Waals surface area contributed by atoms with Crippen LogP contribution in [-0.4, -0.2) is 4.98 Å². The topological polar surface area (TPSA) is 38.9 Å². The highest BCUT2D eigenvalue weighted by atomic mass is 32.1. The molecule has 1 atom stereocenters. The Morgan fingerprint density at radius 2 is 1.74 bits per heavy atom. The lowest BCUT2D eigenvalue weighted by Crippen LogP contribution is -2.16. The second kappa shape index (κ2) is 5.06. The molecular weight excluding hydrogens is 252 g/mol. The second-order valence-electron chi connectivity index (χ2n) is 6.10. The van der Waals surface area contributed by atoms with Crippen molar-refractivity contribution in [2.45, 2.75) is 46.1 Å². The summed E-state index contributed by atoms with van der Waals surface area (Å²) in [5, 5.41) is 3.13. The third-order valence-electron chi connectivity index (χ3n) is 3.41. The molecule has 0 spiro atoms. The van der Waals surface area contributed by atoms with Gasteiger partial charge < -0.3 is 5.73 Å². The molecule has 2 N–H and O–H groups in total. The fourth-order valence-corrected chi connectivity index (χ4v) is 3.27. The molecule has 0 fully saturated rings. The molecule has 0 saturated heterocycles. The molecule has 0 radical (unpaired) electrons. The van der Waals surface area contributed by atoms with E-state index < -0.39 is 0 Å². The van der Waals surface area contributed by atoms with Gasteiger partial charge in [0.25, 0.3) is 0 Å². The smallest absolute Gasteiger partial charge is 0.114 e. The Kier molecular flexibility index (Phi) is 3.79. The number of benzene rings is 1. The van der Waals surface area contributed by atoms with Crippen molar-refractivity contribution in [1.82, 2.24) is 4.98 Å². The molecule has 102 valence electrons. The predicted molar refractivity (Wildman–Crippen MR) is 82.8 cm³/mol. The number of hydrogen-bond donors (Lipinski definition) is 1. The Morgan fingerprint density at radius 3 is 2.21 bits per heavy atom. The average Bonchev–Trinajstić information content (AvgIpc) is 2.77. The van der Waals surface area contributed by atoms with Crippen LogP contribution in [0.15, 0.2) is 23.6 Å². The summed E-state index contributed by atoms with van der Waals surface area (Å²) in [5.41, 5.74) is 11.3. The van der Waals surface area contributed by atoms with Gasteiger partial charge in [-0.3, -0.25) is 0 Å². The first-order chi connectivity index (χ1) is 8.80. The van der Waals surface area contributed by atoms with Gasteiger partial charge in [-0.25, -0.2) is 4.98 Å². The highest BCUT2D eigenvalue weighted by molar-refractivity contribution is 7.09. The van der Waals surface area contributed by atoms with Crippen LogP contribution in [0, 0.1) is 13.8 Å². The van der Waals surface area contributed by atoms with E-state index in [9.17, 15) is 0 Å². The number of hydrogen-bond acceptors (Lipinski definition) is 3. The maximum absolute atomic E-state index is 6.42. The molecule has 19 heavy (non-hydrogen) atoms. The van der Waals surface area contributed by atoms with E-state index in [4.69, 9.17) is 10.7 Å². The van der Waals surface area contributed by atoms with E-state index in [2.05, 4.69) is 58.2 Å². The fraction of sp³-hybridized carbons (Fsp3) is 0.438. The molecule has 1 unspecified atom stereocenters. The van der Waals surface area contributed by atoms with Gasteiger partial charge in [0.05, 0.1) is 11.7 Å². The van der Waals surface area contributed by atoms with Gasteiger partial charge in [0.1, 0.15) is 5.01 Å². The molecule has 1 aromatic carbocycles. The number of aromatic nitrogens is 1. The van der Waals surface area contributed by atoms with Crippen LogP contribution in [0.4, 0.5) is 0 Å². The lowest BCUT2D eigenvalue weighted by molar-refractivity contribution is 0.569. The first kappa shape index (κ1) is 14.2. The molecule has 2 aromatic rings. The fourth-order valence-electron chi connectivity index (χ4n) is 2.22. The highest BCUT2D eigenvalue weighted by Gasteiger charge is 2.21. The van der Waals surface area contributed by atoms with Crippen LogP contribution < -0.4 is 5.73 Å². The molecule has 0 saturated carbocycles. The molecule has 0 bridgehead atoms. The van der Waals surface area contributed by atoms with Crippen LogP contribution in [0.2, 0.25) is 0 Å². The molecule has 2 rings (SSSR count). The zero-order chi connectivity index (χ0) is 14.2. The molecule has 2 nitrogen and oxygen atoms in total. The quantitative estimate of drug-likeness (QED) is 0.895. The van der Waals surface area contributed by atoms with Gasteiger partial charge in [-0.15, -0.1) is 11.3 Å². The summed E-state index contributed by atoms with van der Waals surface area (Å²) in [6.07, 6.45) is 0. The Hall–Kier alpha value is -1.19. The SMILES string of the molecule is Cc1cccc(C)c1C(N)c1nc(C(C)(C)C)cs1. The van der Waals surface area contributed by atoms with Gasteiger partial charge in [0.2, 0.25) is 0 Å². The number of rotatable bonds is 2. The molecule has 0 amide bonds. The summed E-state index contributed by atoms with van der Waals surface area (Å²) in [7, 11) is 0. The van der Waals surface area contributed by atoms with Crippen molar-refractivity contribution in [3.63, 3.8) is 0 Å². The van der Waals surface area contributed by atoms with Gasteiger partial charge >= 0.3 is 0 Å². The molecule has 1 heterocycles. The van der Waals surface area contributed by atoms with E-state index in [1.807, 2.05) is 0 Å². The minimum absolute atomic E-state index is 0.0786. The zero-order valence-electron chi connectivity index (χ0n) is 12.3. The van der Waals surface area contributed by atoms with Gasteiger partial charge in [-0.2, -0.15) is 0 Å². The van der Waals surface area contributed by atoms with E-state index in [-0.39, 0.29) is 11.5 Å². The maximum atomic E-state index is 6.42. The van der Waals surface area contributed by atoms with Crippen molar-refractivity contribution in [3.8, 4) is 0 Å². The lowest BCUT2D eigenvalue weighted by Gasteiger charge is -2.17. The van der Waals surface area contributed by atoms with Crippen LogP contribution in [-0.2, 0) is 5.41 Å². The Bertz CT molecular complexity index is 558. The zero-order valence-corrected chi connectivity index (χ0v) is 13.1. The molecule has 0 aliphatic carbocycles. The van der Waals surface area contributed by atoms with Crippen molar-refractivity contribution in [2.24, 2.45) is 5.73 Å². The highest BCUT2D eigenvalue weighted by Crippen LogP contribution is 2.31. The second-order valence-corrected chi connectivity index (χ2v) is 6.99. The maximum Gasteiger partial charge on any atom is 0.114 e. The van der Waals surface area contributed by atoms with E-state index in [1.54, 1.807) is 11.3 Å². The Labute approximate surface area is 119 Å². The van der Waals surface area contributed by atoms with Crippen LogP contribution >= 0.6 is 11.3 Å². The van der Waals surface area contributed by atoms with Crippen LogP contribution in [0.5, 0.6) is 0 Å². The number of aryl methyl sites for hydroxylation is 2. The Morgan fingerprint density at radius 1 is 1.16 bits per heavy atom. The monoisotopic (exact) mass is 274 g/mol. The van der Waals surface area contributed by atoms with Gasteiger partial charge in [0.15, 0.2) is 0 Å². The normalized spacial score (nSPS) is 13.6. The number of thiazole rings is 1. The van der Waals surface area contributed by atoms with Gasteiger partial charge in [-0.1, -0.05) is 39.0 Å². The minimum Gasteiger partial charge on any atom is -0.318 e. The minimum atomic E-state index is -0.123. The van der Waals surface area contributed by atoms with Crippen LogP contribution in [0.1, 0.15) is 54.2 Å². The number of nitrogens with two attached hydrogens (primary N) is 1. The standard InChI is InChI=1S/C16H22N2S/c1-10-7-6-8-11(2)13(10)14(17)15-18-12(9-19-15)16(3,4)5/h6-9,14H,17H2,1-5H3. The first-order valence-electron chi connectivity index (χ1n) is 6.58. The van der Waals surface area contributed by atoms with Gasteiger partial charge in [0, 0.05) is 10.8 Å². The van der Waals surface area contributed by atoms with Gasteiger partial charge in [-0.05, 0) is 30.5 Å². The van der Waals surface area contributed by atoms with Crippen molar-refractivity contribution in [3.05, 3.63) is 51.0 Å². The molecule has 0 aliphatic rings. The van der Waals surface area contributed by atoms with Crippen LogP contribution in [0.3, 0.4) is 0 Å². The summed E-state index contributed by atoms with van der Waals surface area (Å²) in [5.74, 6) is 0. The largest absolute Gasteiger partial charge is 0.318 e. The molecule has 1 aromatic heterocycles. The third kappa shape index (κ3) is 2.88. The summed E-state index contributed by atoms with van der Waals surface area (Å²) in [6, 6.07) is 6.17. The molecule has 3 heteroatoms. The van der Waals surface area contributed by atoms with Crippen molar-refractivity contribution in [1.29, 1.82) is 0 Å². The summed E-state index contributed by atoms with van der Waals surface area (Å²) in [6.45, 7) is 10.8. The number of nitrogens with zero attached hydrogens (tertiary/aromatic N) is 1. The van der Waals surface area contributed by atoms with Crippen molar-refractivity contribution < 1.29 is 0 Å². The van der Waals surface area contributed by atoms with Crippen molar-refractivity contribution in [2.75, 3.05) is 0 Å². The predicted octanol–water partition coefficient (Wildman–Crippen LogP) is 4.11. The summed E-state index contributed by atoms with van der Waals surface area (Å²) < 4.78 is 0.